The molecule has 0 saturated heterocycles. The topological polar surface area (TPSA) is 106 Å². The van der Waals surface area contributed by atoms with Crippen LogP contribution in [0.1, 0.15) is 32.2 Å². The lowest BCUT2D eigenvalue weighted by Gasteiger charge is -2.09. The van der Waals surface area contributed by atoms with Crippen molar-refractivity contribution in [3.05, 3.63) is 51.9 Å². The molecule has 0 saturated carbocycles. The van der Waals surface area contributed by atoms with Gasteiger partial charge in [0.2, 0.25) is 0 Å². The van der Waals surface area contributed by atoms with E-state index in [4.69, 9.17) is 26.9 Å². The second-order valence-corrected chi connectivity index (χ2v) is 4.83. The van der Waals surface area contributed by atoms with Gasteiger partial charge in [-0.25, -0.2) is 4.79 Å². The Bertz CT molecular complexity index is 709. The van der Waals surface area contributed by atoms with Gasteiger partial charge in [-0.3, -0.25) is 4.79 Å². The number of hydrogen-bond acceptors (Lipinski definition) is 4. The lowest BCUT2D eigenvalue weighted by atomic mass is 10.1. The van der Waals surface area contributed by atoms with Crippen LogP contribution in [0.3, 0.4) is 0 Å². The largest absolute Gasteiger partial charge is 0.478 e. The van der Waals surface area contributed by atoms with E-state index in [2.05, 4.69) is 5.32 Å². The number of nitrogens with one attached hydrogen (secondary N) is 1. The van der Waals surface area contributed by atoms with Gasteiger partial charge in [-0.2, -0.15) is 0 Å². The van der Waals surface area contributed by atoms with E-state index in [-0.39, 0.29) is 17.7 Å². The van der Waals surface area contributed by atoms with Crippen LogP contribution in [0.15, 0.2) is 28.7 Å². The van der Waals surface area contributed by atoms with E-state index in [0.717, 1.165) is 0 Å². The summed E-state index contributed by atoms with van der Waals surface area (Å²) in [5.74, 6) is -0.894. The Kier molecular flexibility index (Phi) is 4.18. The van der Waals surface area contributed by atoms with Gasteiger partial charge >= 0.3 is 5.97 Å². The molecule has 1 aromatic heterocycles. The summed E-state index contributed by atoms with van der Waals surface area (Å²) >= 11 is 5.82. The van der Waals surface area contributed by atoms with Crippen LogP contribution < -0.4 is 11.1 Å². The standard InChI is InChI=1S/C14H13ClN2O4/c1-7-10(14(19)20)5-9(21-7)6-17-12-3-2-8(15)4-11(12)13(16)18/h2-5,17H,6H2,1H3,(H2,16,18)(H,19,20). The molecule has 1 aromatic carbocycles. The number of carboxylic acid groups (broad SMARTS) is 1. The molecule has 0 aliphatic heterocycles. The Balaban J connectivity index is 2.19. The first-order valence-electron chi connectivity index (χ1n) is 6.04. The number of anilines is 1. The van der Waals surface area contributed by atoms with Crippen LogP contribution in [0.5, 0.6) is 0 Å². The fourth-order valence-corrected chi connectivity index (χ4v) is 2.07. The van der Waals surface area contributed by atoms with Crippen molar-refractivity contribution in [3.63, 3.8) is 0 Å². The molecule has 6 nitrogen and oxygen atoms in total. The number of nitrogens with two attached hydrogens (primary N) is 1. The summed E-state index contributed by atoms with van der Waals surface area (Å²) in [6, 6.07) is 6.13. The first-order chi connectivity index (χ1) is 9.88. The maximum atomic E-state index is 11.4. The molecule has 0 aliphatic carbocycles. The van der Waals surface area contributed by atoms with Crippen molar-refractivity contribution < 1.29 is 19.1 Å². The van der Waals surface area contributed by atoms with E-state index in [1.54, 1.807) is 19.1 Å². The van der Waals surface area contributed by atoms with E-state index in [1.165, 1.54) is 12.1 Å². The Hall–Kier alpha value is -2.47. The van der Waals surface area contributed by atoms with Crippen molar-refractivity contribution in [2.45, 2.75) is 13.5 Å². The van der Waals surface area contributed by atoms with Gasteiger partial charge in [-0.15, -0.1) is 0 Å². The predicted octanol–water partition coefficient (Wildman–Crippen LogP) is 2.65. The summed E-state index contributed by atoms with van der Waals surface area (Å²) in [5.41, 5.74) is 6.14. The third-order valence-corrected chi connectivity index (χ3v) is 3.13. The van der Waals surface area contributed by atoms with Gasteiger partial charge in [0, 0.05) is 10.7 Å². The maximum absolute atomic E-state index is 11.4. The summed E-state index contributed by atoms with van der Waals surface area (Å²) < 4.78 is 5.34. The van der Waals surface area contributed by atoms with Crippen molar-refractivity contribution >= 4 is 29.2 Å². The molecule has 0 fully saturated rings. The summed E-state index contributed by atoms with van der Waals surface area (Å²) in [5, 5.41) is 12.3. The molecule has 21 heavy (non-hydrogen) atoms. The number of amides is 1. The number of primary amides is 1. The Morgan fingerprint density at radius 2 is 2.05 bits per heavy atom. The third kappa shape index (κ3) is 3.35. The fourth-order valence-electron chi connectivity index (χ4n) is 1.90. The molecule has 1 amide bonds. The van der Waals surface area contributed by atoms with Crippen LogP contribution in [-0.4, -0.2) is 17.0 Å². The molecule has 0 unspecified atom stereocenters. The number of aryl methyl sites for hydroxylation is 1. The minimum absolute atomic E-state index is 0.109. The number of carboxylic acids is 1. The zero-order chi connectivity index (χ0) is 15.6. The molecule has 2 rings (SSSR count). The van der Waals surface area contributed by atoms with Crippen LogP contribution in [0.2, 0.25) is 5.02 Å². The first kappa shape index (κ1) is 14.9. The Morgan fingerprint density at radius 3 is 2.62 bits per heavy atom. The van der Waals surface area contributed by atoms with Crippen LogP contribution in [0.4, 0.5) is 5.69 Å². The molecular formula is C14H13ClN2O4. The van der Waals surface area contributed by atoms with Crippen LogP contribution in [0.25, 0.3) is 0 Å². The maximum Gasteiger partial charge on any atom is 0.339 e. The van der Waals surface area contributed by atoms with Crippen molar-refractivity contribution in [2.75, 3.05) is 5.32 Å². The molecular weight excluding hydrogens is 296 g/mol. The summed E-state index contributed by atoms with van der Waals surface area (Å²) in [7, 11) is 0. The third-order valence-electron chi connectivity index (χ3n) is 2.90. The first-order valence-corrected chi connectivity index (χ1v) is 6.42. The molecule has 1 heterocycles. The number of benzene rings is 1. The second kappa shape index (κ2) is 5.88. The van der Waals surface area contributed by atoms with Crippen molar-refractivity contribution in [1.82, 2.24) is 0 Å². The van der Waals surface area contributed by atoms with Crippen LogP contribution >= 0.6 is 11.6 Å². The van der Waals surface area contributed by atoms with E-state index >= 15 is 0 Å². The lowest BCUT2D eigenvalue weighted by Crippen LogP contribution is -2.14. The fraction of sp³-hybridized carbons (Fsp3) is 0.143. The SMILES string of the molecule is Cc1oc(CNc2ccc(Cl)cc2C(N)=O)cc1C(=O)O. The van der Waals surface area contributed by atoms with Gasteiger partial charge in [0.15, 0.2) is 0 Å². The molecule has 0 spiro atoms. The highest BCUT2D eigenvalue weighted by molar-refractivity contribution is 6.31. The quantitative estimate of drug-likeness (QED) is 0.787. The van der Waals surface area contributed by atoms with Gasteiger partial charge in [0.1, 0.15) is 17.1 Å². The zero-order valence-corrected chi connectivity index (χ0v) is 11.9. The molecule has 4 N–H and O–H groups in total. The van der Waals surface area contributed by atoms with Crippen molar-refractivity contribution in [3.8, 4) is 0 Å². The Labute approximate surface area is 125 Å². The number of aromatic carboxylic acids is 1. The molecule has 0 bridgehead atoms. The molecule has 0 atom stereocenters. The van der Waals surface area contributed by atoms with Gasteiger partial charge in [0.05, 0.1) is 12.1 Å². The van der Waals surface area contributed by atoms with Crippen molar-refractivity contribution in [2.24, 2.45) is 5.73 Å². The van der Waals surface area contributed by atoms with E-state index in [9.17, 15) is 9.59 Å². The molecule has 0 aliphatic rings. The number of furan rings is 1. The minimum Gasteiger partial charge on any atom is -0.478 e. The normalized spacial score (nSPS) is 10.4. The summed E-state index contributed by atoms with van der Waals surface area (Å²) in [4.78, 5) is 22.3. The number of rotatable bonds is 5. The van der Waals surface area contributed by atoms with Gasteiger partial charge < -0.3 is 20.6 Å². The molecule has 7 heteroatoms. The molecule has 0 radical (unpaired) electrons. The second-order valence-electron chi connectivity index (χ2n) is 4.40. The van der Waals surface area contributed by atoms with Gasteiger partial charge in [-0.05, 0) is 31.2 Å². The van der Waals surface area contributed by atoms with E-state index in [1.807, 2.05) is 0 Å². The predicted molar refractivity (Wildman–Crippen MR) is 77.7 cm³/mol. The number of hydrogen-bond donors (Lipinski definition) is 3. The zero-order valence-electron chi connectivity index (χ0n) is 11.1. The van der Waals surface area contributed by atoms with E-state index in [0.29, 0.717) is 22.2 Å². The number of halogens is 1. The van der Waals surface area contributed by atoms with Gasteiger partial charge in [-0.1, -0.05) is 11.6 Å². The highest BCUT2D eigenvalue weighted by atomic mass is 35.5. The average molecular weight is 309 g/mol. The molecule has 110 valence electrons. The van der Waals surface area contributed by atoms with E-state index < -0.39 is 11.9 Å². The highest BCUT2D eigenvalue weighted by Crippen LogP contribution is 2.22. The van der Waals surface area contributed by atoms with Crippen LogP contribution in [0, 0.1) is 6.92 Å². The molecule has 2 aromatic rings. The number of carbonyl (C=O) groups is 2. The summed E-state index contributed by atoms with van der Waals surface area (Å²) in [6.07, 6.45) is 0. The monoisotopic (exact) mass is 308 g/mol. The summed E-state index contributed by atoms with van der Waals surface area (Å²) in [6.45, 7) is 1.79. The number of carbonyl (C=O) groups excluding carboxylic acids is 1. The Morgan fingerprint density at radius 1 is 1.33 bits per heavy atom. The van der Waals surface area contributed by atoms with Crippen LogP contribution in [-0.2, 0) is 6.54 Å². The highest BCUT2D eigenvalue weighted by Gasteiger charge is 2.14. The smallest absolute Gasteiger partial charge is 0.339 e. The minimum atomic E-state index is -1.05. The van der Waals surface area contributed by atoms with Gasteiger partial charge in [0.25, 0.3) is 5.91 Å². The average Bonchev–Trinajstić information content (AvgIpc) is 2.78. The lowest BCUT2D eigenvalue weighted by molar-refractivity contribution is 0.0694. The van der Waals surface area contributed by atoms with Crippen molar-refractivity contribution in [1.29, 1.82) is 0 Å².